The van der Waals surface area contributed by atoms with Crippen LogP contribution in [-0.4, -0.2) is 11.4 Å². The predicted octanol–water partition coefficient (Wildman–Crippen LogP) is 3.35. The second-order valence-corrected chi connectivity index (χ2v) is 5.93. The molecule has 0 radical (unpaired) electrons. The zero-order valence-electron chi connectivity index (χ0n) is 11.9. The van der Waals surface area contributed by atoms with Gasteiger partial charge in [-0.15, -0.1) is 0 Å². The molecule has 0 spiro atoms. The topological polar surface area (TPSA) is 52.3 Å². The highest BCUT2D eigenvalue weighted by molar-refractivity contribution is 6.09. The summed E-state index contributed by atoms with van der Waals surface area (Å²) in [5.41, 5.74) is 7.03. The Morgan fingerprint density at radius 3 is 2.57 bits per heavy atom. The SMILES string of the molecule is CC1(C)Cc2cc(C(=O)c3ccc(N)c(F)c3)ccc2O1. The maximum atomic E-state index is 13.5. The molecule has 2 aromatic carbocycles. The Morgan fingerprint density at radius 2 is 1.86 bits per heavy atom. The molecule has 0 saturated heterocycles. The van der Waals surface area contributed by atoms with Crippen molar-refractivity contribution in [3.63, 3.8) is 0 Å². The van der Waals surface area contributed by atoms with Crippen molar-refractivity contribution >= 4 is 11.5 Å². The minimum Gasteiger partial charge on any atom is -0.487 e. The number of fused-ring (bicyclic) bond motifs is 1. The van der Waals surface area contributed by atoms with Crippen molar-refractivity contribution < 1.29 is 13.9 Å². The van der Waals surface area contributed by atoms with E-state index in [4.69, 9.17) is 10.5 Å². The summed E-state index contributed by atoms with van der Waals surface area (Å²) in [5, 5.41) is 0. The number of nitrogens with two attached hydrogens (primary N) is 1. The molecule has 1 aliphatic rings. The van der Waals surface area contributed by atoms with Crippen LogP contribution in [0.4, 0.5) is 10.1 Å². The number of benzene rings is 2. The van der Waals surface area contributed by atoms with Crippen LogP contribution in [0.2, 0.25) is 0 Å². The molecule has 0 amide bonds. The van der Waals surface area contributed by atoms with E-state index >= 15 is 0 Å². The lowest BCUT2D eigenvalue weighted by atomic mass is 9.97. The highest BCUT2D eigenvalue weighted by atomic mass is 19.1. The molecule has 0 unspecified atom stereocenters. The maximum absolute atomic E-state index is 13.5. The quantitative estimate of drug-likeness (QED) is 0.680. The van der Waals surface area contributed by atoms with E-state index in [9.17, 15) is 9.18 Å². The summed E-state index contributed by atoms with van der Waals surface area (Å²) in [6, 6.07) is 9.43. The summed E-state index contributed by atoms with van der Waals surface area (Å²) in [7, 11) is 0. The molecular weight excluding hydrogens is 269 g/mol. The molecule has 3 nitrogen and oxygen atoms in total. The Kier molecular flexibility index (Phi) is 2.97. The molecule has 0 fully saturated rings. The molecule has 1 heterocycles. The number of hydrogen-bond donors (Lipinski definition) is 1. The first-order chi connectivity index (χ1) is 9.85. The Labute approximate surface area is 122 Å². The zero-order valence-corrected chi connectivity index (χ0v) is 11.9. The third-order valence-corrected chi connectivity index (χ3v) is 3.59. The normalized spacial score (nSPS) is 15.4. The average molecular weight is 285 g/mol. The van der Waals surface area contributed by atoms with Gasteiger partial charge >= 0.3 is 0 Å². The van der Waals surface area contributed by atoms with E-state index in [-0.39, 0.29) is 17.1 Å². The van der Waals surface area contributed by atoms with Crippen LogP contribution in [0, 0.1) is 5.82 Å². The first-order valence-electron chi connectivity index (χ1n) is 6.77. The molecule has 2 N–H and O–H groups in total. The van der Waals surface area contributed by atoms with Crippen LogP contribution in [0.15, 0.2) is 36.4 Å². The van der Waals surface area contributed by atoms with Crippen LogP contribution in [0.3, 0.4) is 0 Å². The van der Waals surface area contributed by atoms with Crippen molar-refractivity contribution in [2.75, 3.05) is 5.73 Å². The Balaban J connectivity index is 1.95. The number of carbonyl (C=O) groups is 1. The molecule has 108 valence electrons. The number of ether oxygens (including phenoxy) is 1. The first kappa shape index (κ1) is 13.6. The van der Waals surface area contributed by atoms with Gasteiger partial charge in [-0.1, -0.05) is 0 Å². The van der Waals surface area contributed by atoms with Gasteiger partial charge in [0.15, 0.2) is 5.78 Å². The van der Waals surface area contributed by atoms with E-state index in [1.54, 1.807) is 12.1 Å². The number of rotatable bonds is 2. The van der Waals surface area contributed by atoms with E-state index in [0.29, 0.717) is 11.1 Å². The number of halogens is 1. The highest BCUT2D eigenvalue weighted by Crippen LogP contribution is 2.35. The summed E-state index contributed by atoms with van der Waals surface area (Å²) in [6.07, 6.45) is 0.750. The fourth-order valence-corrected chi connectivity index (χ4v) is 2.59. The highest BCUT2D eigenvalue weighted by Gasteiger charge is 2.30. The van der Waals surface area contributed by atoms with Crippen molar-refractivity contribution in [3.8, 4) is 5.75 Å². The molecule has 0 aliphatic carbocycles. The van der Waals surface area contributed by atoms with Crippen LogP contribution < -0.4 is 10.5 Å². The lowest BCUT2D eigenvalue weighted by molar-refractivity contribution is 0.103. The monoisotopic (exact) mass is 285 g/mol. The number of ketones is 1. The summed E-state index contributed by atoms with van der Waals surface area (Å²) in [6.45, 7) is 4.01. The largest absolute Gasteiger partial charge is 0.487 e. The third kappa shape index (κ3) is 2.49. The second kappa shape index (κ2) is 4.58. The van der Waals surface area contributed by atoms with Crippen LogP contribution in [0.25, 0.3) is 0 Å². The number of nitrogen functional groups attached to an aromatic ring is 1. The van der Waals surface area contributed by atoms with Gasteiger partial charge in [-0.05, 0) is 55.8 Å². The van der Waals surface area contributed by atoms with Crippen LogP contribution in [0.1, 0.15) is 35.3 Å². The lowest BCUT2D eigenvalue weighted by Gasteiger charge is -2.16. The van der Waals surface area contributed by atoms with Crippen molar-refractivity contribution in [3.05, 3.63) is 58.9 Å². The Morgan fingerprint density at radius 1 is 1.19 bits per heavy atom. The molecule has 1 aliphatic heterocycles. The van der Waals surface area contributed by atoms with Gasteiger partial charge in [0.1, 0.15) is 17.2 Å². The minimum atomic E-state index is -0.577. The van der Waals surface area contributed by atoms with Gasteiger partial charge in [-0.25, -0.2) is 4.39 Å². The standard InChI is InChI=1S/C17H16FNO2/c1-17(2)9-12-7-10(4-6-15(12)21-17)16(20)11-3-5-14(19)13(18)8-11/h3-8H,9,19H2,1-2H3. The molecule has 4 heteroatoms. The molecule has 0 bridgehead atoms. The van der Waals surface area contributed by atoms with E-state index in [2.05, 4.69) is 0 Å². The van der Waals surface area contributed by atoms with Crippen LogP contribution in [0.5, 0.6) is 5.75 Å². The van der Waals surface area contributed by atoms with Gasteiger partial charge < -0.3 is 10.5 Å². The zero-order chi connectivity index (χ0) is 15.2. The second-order valence-electron chi connectivity index (χ2n) is 5.93. The van der Waals surface area contributed by atoms with Crippen LogP contribution in [-0.2, 0) is 6.42 Å². The smallest absolute Gasteiger partial charge is 0.193 e. The van der Waals surface area contributed by atoms with Crippen molar-refractivity contribution in [1.29, 1.82) is 0 Å². The summed E-state index contributed by atoms with van der Waals surface area (Å²) in [5.74, 6) is 0.00733. The van der Waals surface area contributed by atoms with Gasteiger partial charge in [-0.2, -0.15) is 0 Å². The fraction of sp³-hybridized carbons (Fsp3) is 0.235. The van der Waals surface area contributed by atoms with Crippen molar-refractivity contribution in [2.45, 2.75) is 25.9 Å². The molecule has 3 rings (SSSR count). The molecule has 0 atom stereocenters. The minimum absolute atomic E-state index is 0.0376. The molecule has 2 aromatic rings. The fourth-order valence-electron chi connectivity index (χ4n) is 2.59. The number of carbonyl (C=O) groups excluding carboxylic acids is 1. The lowest BCUT2D eigenvalue weighted by Crippen LogP contribution is -2.24. The molecule has 0 aromatic heterocycles. The number of anilines is 1. The summed E-state index contributed by atoms with van der Waals surface area (Å²) in [4.78, 5) is 12.4. The van der Waals surface area contributed by atoms with Gasteiger partial charge in [0.2, 0.25) is 0 Å². The Bertz CT molecular complexity index is 738. The van der Waals surface area contributed by atoms with Gasteiger partial charge in [0, 0.05) is 17.5 Å². The molecule has 21 heavy (non-hydrogen) atoms. The third-order valence-electron chi connectivity index (χ3n) is 3.59. The number of hydrogen-bond acceptors (Lipinski definition) is 3. The van der Waals surface area contributed by atoms with E-state index < -0.39 is 5.82 Å². The summed E-state index contributed by atoms with van der Waals surface area (Å²) < 4.78 is 19.3. The van der Waals surface area contributed by atoms with Crippen molar-refractivity contribution in [1.82, 2.24) is 0 Å². The van der Waals surface area contributed by atoms with E-state index in [1.165, 1.54) is 18.2 Å². The maximum Gasteiger partial charge on any atom is 0.193 e. The first-order valence-corrected chi connectivity index (χ1v) is 6.77. The van der Waals surface area contributed by atoms with Gasteiger partial charge in [-0.3, -0.25) is 4.79 Å². The van der Waals surface area contributed by atoms with E-state index in [1.807, 2.05) is 19.9 Å². The van der Waals surface area contributed by atoms with Crippen LogP contribution >= 0.6 is 0 Å². The summed E-state index contributed by atoms with van der Waals surface area (Å²) >= 11 is 0. The van der Waals surface area contributed by atoms with Crippen molar-refractivity contribution in [2.24, 2.45) is 0 Å². The van der Waals surface area contributed by atoms with Gasteiger partial charge in [0.25, 0.3) is 0 Å². The van der Waals surface area contributed by atoms with E-state index in [0.717, 1.165) is 17.7 Å². The molecule has 0 saturated carbocycles. The average Bonchev–Trinajstić information content (AvgIpc) is 2.73. The predicted molar refractivity (Wildman–Crippen MR) is 79.1 cm³/mol. The Hall–Kier alpha value is -2.36. The van der Waals surface area contributed by atoms with Gasteiger partial charge in [0.05, 0.1) is 5.69 Å². The molecular formula is C17H16FNO2.